The molecular weight excluding hydrogens is 386 g/mol. The number of ether oxygens (including phenoxy) is 2. The quantitative estimate of drug-likeness (QED) is 0.231. The van der Waals surface area contributed by atoms with Gasteiger partial charge in [0.25, 0.3) is 0 Å². The number of benzene rings is 2. The Kier molecular flexibility index (Phi) is 10.5. The molecule has 4 nitrogen and oxygen atoms in total. The summed E-state index contributed by atoms with van der Waals surface area (Å²) in [6.45, 7) is 6.56. The fourth-order valence-electron chi connectivity index (χ4n) is 3.51. The van der Waals surface area contributed by atoms with E-state index in [2.05, 4.69) is 6.92 Å². The smallest absolute Gasteiger partial charge is 0.340 e. The molecule has 0 saturated carbocycles. The van der Waals surface area contributed by atoms with Crippen molar-refractivity contribution in [2.45, 2.75) is 71.1 Å². The van der Waals surface area contributed by atoms with Crippen molar-refractivity contribution in [3.8, 4) is 0 Å². The van der Waals surface area contributed by atoms with Gasteiger partial charge in [0.1, 0.15) is 0 Å². The molecule has 2 aromatic rings. The third-order valence-electron chi connectivity index (χ3n) is 5.31. The molecule has 0 aromatic heterocycles. The topological polar surface area (TPSA) is 61.6 Å². The van der Waals surface area contributed by atoms with Crippen LogP contribution in [0.3, 0.4) is 0 Å². The van der Waals surface area contributed by atoms with Gasteiger partial charge in [0.2, 0.25) is 0 Å². The van der Waals surface area contributed by atoms with E-state index in [0.717, 1.165) is 24.0 Å². The predicted molar refractivity (Wildman–Crippen MR) is 128 cm³/mol. The first-order chi connectivity index (χ1) is 14.9. The van der Waals surface area contributed by atoms with Crippen LogP contribution in [0.25, 0.3) is 6.08 Å². The fourth-order valence-corrected chi connectivity index (χ4v) is 3.51. The van der Waals surface area contributed by atoms with E-state index in [-0.39, 0.29) is 6.10 Å². The van der Waals surface area contributed by atoms with E-state index in [1.54, 1.807) is 31.2 Å². The normalized spacial score (nSPS) is 14.6. The summed E-state index contributed by atoms with van der Waals surface area (Å²) in [6, 6.07) is 18.8. The molecule has 2 unspecified atom stereocenters. The Balaban J connectivity index is 2.08. The Bertz CT molecular complexity index is 800. The van der Waals surface area contributed by atoms with Crippen molar-refractivity contribution in [1.82, 2.24) is 0 Å². The van der Waals surface area contributed by atoms with Crippen LogP contribution in [0.1, 0.15) is 75.2 Å². The highest BCUT2D eigenvalue weighted by molar-refractivity contribution is 5.89. The SMILES string of the molecule is CCCCCCCCOC(C)C(=Cc1ccccc1)C(C)(N)OC(=O)c1ccccc1. The average molecular weight is 424 g/mol. The van der Waals surface area contributed by atoms with Crippen molar-refractivity contribution >= 4 is 12.0 Å². The third kappa shape index (κ3) is 8.68. The zero-order valence-corrected chi connectivity index (χ0v) is 19.2. The molecule has 0 heterocycles. The van der Waals surface area contributed by atoms with E-state index in [1.165, 1.54) is 25.7 Å². The minimum atomic E-state index is -1.30. The van der Waals surface area contributed by atoms with Gasteiger partial charge in [-0.1, -0.05) is 87.6 Å². The molecule has 4 heteroatoms. The highest BCUT2D eigenvalue weighted by Gasteiger charge is 2.33. The summed E-state index contributed by atoms with van der Waals surface area (Å²) < 4.78 is 11.9. The van der Waals surface area contributed by atoms with E-state index >= 15 is 0 Å². The van der Waals surface area contributed by atoms with Crippen LogP contribution < -0.4 is 5.73 Å². The fraction of sp³-hybridized carbons (Fsp3) is 0.444. The van der Waals surface area contributed by atoms with Crippen LogP contribution >= 0.6 is 0 Å². The van der Waals surface area contributed by atoms with E-state index in [0.29, 0.717) is 12.2 Å². The molecule has 2 N–H and O–H groups in total. The summed E-state index contributed by atoms with van der Waals surface area (Å²) in [4.78, 5) is 12.7. The molecule has 0 amide bonds. The van der Waals surface area contributed by atoms with Gasteiger partial charge in [0, 0.05) is 12.2 Å². The number of hydrogen-bond donors (Lipinski definition) is 1. The van der Waals surface area contributed by atoms with Gasteiger partial charge in [-0.2, -0.15) is 0 Å². The molecule has 31 heavy (non-hydrogen) atoms. The Hall–Kier alpha value is -2.43. The standard InChI is InChI=1S/C27H37NO3/c1-4-5-6-7-8-15-20-30-22(2)25(21-23-16-11-9-12-17-23)27(3,28)31-26(29)24-18-13-10-14-19-24/h9-14,16-19,21-22H,4-8,15,20,28H2,1-3H3. The van der Waals surface area contributed by atoms with Crippen molar-refractivity contribution < 1.29 is 14.3 Å². The van der Waals surface area contributed by atoms with Gasteiger partial charge in [-0.15, -0.1) is 0 Å². The van der Waals surface area contributed by atoms with Crippen LogP contribution in [0.4, 0.5) is 0 Å². The first-order valence-electron chi connectivity index (χ1n) is 11.4. The van der Waals surface area contributed by atoms with Crippen molar-refractivity contribution in [3.05, 3.63) is 77.4 Å². The van der Waals surface area contributed by atoms with Gasteiger partial charge in [-0.3, -0.25) is 5.73 Å². The Morgan fingerprint density at radius 3 is 2.19 bits per heavy atom. The van der Waals surface area contributed by atoms with E-state index in [4.69, 9.17) is 15.2 Å². The number of hydrogen-bond acceptors (Lipinski definition) is 4. The zero-order valence-electron chi connectivity index (χ0n) is 19.2. The molecule has 0 aliphatic carbocycles. The van der Waals surface area contributed by atoms with Gasteiger partial charge in [0.05, 0.1) is 11.7 Å². The number of nitrogens with two attached hydrogens (primary N) is 1. The van der Waals surface area contributed by atoms with Crippen LogP contribution in [-0.2, 0) is 9.47 Å². The van der Waals surface area contributed by atoms with Gasteiger partial charge in [-0.05, 0) is 44.0 Å². The molecule has 2 aromatic carbocycles. The number of rotatable bonds is 13. The van der Waals surface area contributed by atoms with Crippen molar-refractivity contribution in [3.63, 3.8) is 0 Å². The minimum Gasteiger partial charge on any atom is -0.437 e. The molecule has 0 fully saturated rings. The summed E-state index contributed by atoms with van der Waals surface area (Å²) in [6.07, 6.45) is 8.91. The van der Waals surface area contributed by atoms with Gasteiger partial charge >= 0.3 is 5.97 Å². The number of carbonyl (C=O) groups is 1. The lowest BCUT2D eigenvalue weighted by Gasteiger charge is -2.32. The first-order valence-corrected chi connectivity index (χ1v) is 11.4. The summed E-state index contributed by atoms with van der Waals surface area (Å²) >= 11 is 0. The van der Waals surface area contributed by atoms with E-state index in [9.17, 15) is 4.79 Å². The minimum absolute atomic E-state index is 0.283. The molecule has 0 aliphatic heterocycles. The van der Waals surface area contributed by atoms with Crippen LogP contribution in [0.5, 0.6) is 0 Å². The lowest BCUT2D eigenvalue weighted by Crippen LogP contribution is -2.46. The number of unbranched alkanes of at least 4 members (excludes halogenated alkanes) is 5. The summed E-state index contributed by atoms with van der Waals surface area (Å²) in [7, 11) is 0. The Labute approximate surface area is 187 Å². The summed E-state index contributed by atoms with van der Waals surface area (Å²) in [5.41, 5.74) is 7.43. The molecule has 0 radical (unpaired) electrons. The highest BCUT2D eigenvalue weighted by atomic mass is 16.6. The van der Waals surface area contributed by atoms with Crippen LogP contribution in [-0.4, -0.2) is 24.4 Å². The number of esters is 1. The largest absolute Gasteiger partial charge is 0.437 e. The average Bonchev–Trinajstić information content (AvgIpc) is 2.77. The van der Waals surface area contributed by atoms with Crippen molar-refractivity contribution in [1.29, 1.82) is 0 Å². The van der Waals surface area contributed by atoms with E-state index < -0.39 is 11.7 Å². The Morgan fingerprint density at radius 2 is 1.55 bits per heavy atom. The monoisotopic (exact) mass is 423 g/mol. The summed E-state index contributed by atoms with van der Waals surface area (Å²) in [5, 5.41) is 0. The zero-order chi connectivity index (χ0) is 22.5. The van der Waals surface area contributed by atoms with Gasteiger partial charge in [-0.25, -0.2) is 4.79 Å². The second-order valence-corrected chi connectivity index (χ2v) is 8.15. The second-order valence-electron chi connectivity index (χ2n) is 8.15. The molecular formula is C27H37NO3. The van der Waals surface area contributed by atoms with Crippen LogP contribution in [0, 0.1) is 0 Å². The van der Waals surface area contributed by atoms with E-state index in [1.807, 2.05) is 49.4 Å². The maximum Gasteiger partial charge on any atom is 0.340 e. The van der Waals surface area contributed by atoms with Gasteiger partial charge in [0.15, 0.2) is 5.72 Å². The molecule has 0 bridgehead atoms. The summed E-state index contributed by atoms with van der Waals surface area (Å²) in [5.74, 6) is -0.451. The molecule has 0 saturated heterocycles. The molecule has 0 spiro atoms. The lowest BCUT2D eigenvalue weighted by molar-refractivity contribution is -0.00664. The van der Waals surface area contributed by atoms with Crippen molar-refractivity contribution in [2.24, 2.45) is 5.73 Å². The van der Waals surface area contributed by atoms with Gasteiger partial charge < -0.3 is 9.47 Å². The van der Waals surface area contributed by atoms with Crippen LogP contribution in [0.15, 0.2) is 66.2 Å². The Morgan fingerprint density at radius 1 is 0.968 bits per heavy atom. The number of carbonyl (C=O) groups excluding carboxylic acids is 1. The molecule has 2 atom stereocenters. The highest BCUT2D eigenvalue weighted by Crippen LogP contribution is 2.26. The van der Waals surface area contributed by atoms with Crippen molar-refractivity contribution in [2.75, 3.05) is 6.61 Å². The maximum atomic E-state index is 12.7. The third-order valence-corrected chi connectivity index (χ3v) is 5.31. The first kappa shape index (κ1) is 24.8. The second kappa shape index (κ2) is 13.1. The molecule has 0 aliphatic rings. The van der Waals surface area contributed by atoms with Crippen LogP contribution in [0.2, 0.25) is 0 Å². The molecule has 2 rings (SSSR count). The predicted octanol–water partition coefficient (Wildman–Crippen LogP) is 6.37. The molecule has 168 valence electrons. The maximum absolute atomic E-state index is 12.7. The lowest BCUT2D eigenvalue weighted by atomic mass is 9.97.